The molecule has 0 fully saturated rings. The molecular formula is C51H34N6. The van der Waals surface area contributed by atoms with Crippen LogP contribution in [0, 0.1) is 0 Å². The van der Waals surface area contributed by atoms with Crippen LogP contribution in [0.5, 0.6) is 0 Å². The molecule has 0 spiro atoms. The molecule has 0 saturated carbocycles. The van der Waals surface area contributed by atoms with Crippen molar-refractivity contribution in [3.63, 3.8) is 0 Å². The number of hydrogen-bond donors (Lipinski definition) is 0. The Bertz CT molecular complexity index is 3230. The van der Waals surface area contributed by atoms with E-state index in [9.17, 15) is 0 Å². The molecule has 11 rings (SSSR count). The van der Waals surface area contributed by atoms with E-state index in [1.165, 1.54) is 10.8 Å². The fourth-order valence-corrected chi connectivity index (χ4v) is 8.14. The van der Waals surface area contributed by atoms with E-state index in [2.05, 4.69) is 175 Å². The van der Waals surface area contributed by atoms with Crippen LogP contribution in [0.2, 0.25) is 0 Å². The lowest BCUT2D eigenvalue weighted by Gasteiger charge is -2.13. The highest BCUT2D eigenvalue weighted by molar-refractivity contribution is 6.20. The number of aryl methyl sites for hydroxylation is 1. The summed E-state index contributed by atoms with van der Waals surface area (Å²) in [7, 11) is 0. The highest BCUT2D eigenvalue weighted by Crippen LogP contribution is 2.39. The maximum absolute atomic E-state index is 5.33. The monoisotopic (exact) mass is 730 g/mol. The third-order valence-corrected chi connectivity index (χ3v) is 11.0. The van der Waals surface area contributed by atoms with E-state index < -0.39 is 0 Å². The van der Waals surface area contributed by atoms with Gasteiger partial charge in [0.25, 0.3) is 0 Å². The Morgan fingerprint density at radius 3 is 1.61 bits per heavy atom. The Hall–Kier alpha value is -7.57. The van der Waals surface area contributed by atoms with Crippen molar-refractivity contribution in [1.29, 1.82) is 0 Å². The zero-order chi connectivity index (χ0) is 37.9. The van der Waals surface area contributed by atoms with Crippen molar-refractivity contribution in [3.8, 4) is 51.1 Å². The minimum Gasteiger partial charge on any atom is -0.296 e. The number of imidazole rings is 1. The first-order valence-corrected chi connectivity index (χ1v) is 19.3. The topological polar surface area (TPSA) is 69.4 Å². The quantitative estimate of drug-likeness (QED) is 0.159. The van der Waals surface area contributed by atoms with Gasteiger partial charge in [-0.2, -0.15) is 0 Å². The van der Waals surface area contributed by atoms with E-state index in [-0.39, 0.29) is 0 Å². The molecule has 6 heteroatoms. The summed E-state index contributed by atoms with van der Waals surface area (Å²) < 4.78 is 2.28. The molecule has 57 heavy (non-hydrogen) atoms. The van der Waals surface area contributed by atoms with Crippen molar-refractivity contribution in [2.24, 2.45) is 0 Å². The summed E-state index contributed by atoms with van der Waals surface area (Å²) in [6, 6.07) is 61.2. The predicted octanol–water partition coefficient (Wildman–Crippen LogP) is 12.4. The number of hydrogen-bond acceptors (Lipinski definition) is 5. The molecule has 0 atom stereocenters. The lowest BCUT2D eigenvalue weighted by Crippen LogP contribution is -2.00. The molecule has 0 aliphatic rings. The highest BCUT2D eigenvalue weighted by Gasteiger charge is 2.20. The minimum atomic E-state index is 0.607. The van der Waals surface area contributed by atoms with E-state index >= 15 is 0 Å². The number of nitrogens with zero attached hydrogens (tertiary/aromatic N) is 6. The summed E-state index contributed by atoms with van der Waals surface area (Å²) in [5.41, 5.74) is 8.71. The van der Waals surface area contributed by atoms with Crippen LogP contribution >= 0.6 is 0 Å². The van der Waals surface area contributed by atoms with Gasteiger partial charge in [0.2, 0.25) is 0 Å². The van der Waals surface area contributed by atoms with Crippen molar-refractivity contribution < 1.29 is 0 Å². The van der Waals surface area contributed by atoms with Crippen molar-refractivity contribution in [3.05, 3.63) is 182 Å². The zero-order valence-corrected chi connectivity index (χ0v) is 31.1. The van der Waals surface area contributed by atoms with Crippen LogP contribution in [-0.2, 0) is 6.42 Å². The third kappa shape index (κ3) is 5.61. The van der Waals surface area contributed by atoms with Gasteiger partial charge in [-0.05, 0) is 63.3 Å². The van der Waals surface area contributed by atoms with Crippen LogP contribution in [0.25, 0.3) is 105 Å². The third-order valence-electron chi connectivity index (χ3n) is 11.0. The molecule has 0 N–H and O–H groups in total. The Morgan fingerprint density at radius 2 is 0.965 bits per heavy atom. The Balaban J connectivity index is 1.09. The molecule has 0 bridgehead atoms. The van der Waals surface area contributed by atoms with E-state index in [1.54, 1.807) is 0 Å². The lowest BCUT2D eigenvalue weighted by atomic mass is 9.98. The van der Waals surface area contributed by atoms with E-state index in [1.807, 2.05) is 12.1 Å². The van der Waals surface area contributed by atoms with Crippen LogP contribution in [-0.4, -0.2) is 29.5 Å². The van der Waals surface area contributed by atoms with Gasteiger partial charge in [0.1, 0.15) is 5.82 Å². The molecule has 0 unspecified atom stereocenters. The molecule has 3 aromatic heterocycles. The summed E-state index contributed by atoms with van der Waals surface area (Å²) in [6.45, 7) is 2.16. The van der Waals surface area contributed by atoms with Gasteiger partial charge in [-0.15, -0.1) is 0 Å². The Kier molecular flexibility index (Phi) is 7.67. The largest absolute Gasteiger partial charge is 0.296 e. The van der Waals surface area contributed by atoms with Crippen LogP contribution in [0.15, 0.2) is 176 Å². The van der Waals surface area contributed by atoms with Gasteiger partial charge < -0.3 is 0 Å². The molecule has 0 radical (unpaired) electrons. The number of rotatable bonds is 6. The van der Waals surface area contributed by atoms with Crippen molar-refractivity contribution in [2.75, 3.05) is 0 Å². The maximum atomic E-state index is 5.33. The number of aromatic nitrogens is 6. The first-order valence-electron chi connectivity index (χ1n) is 19.3. The SMILES string of the molecule is CCc1nc2c3c(-c4ccc(-c5nc(-c6ccc7ccccc7c6)nc(-c6ccc7ccccc7c6)n5)cc4)nc4ccccc4c3ccc2n1-c1ccccc1. The number of fused-ring (bicyclic) bond motifs is 7. The molecule has 11 aromatic rings. The average molecular weight is 731 g/mol. The number of para-hydroxylation sites is 2. The number of pyridine rings is 1. The van der Waals surface area contributed by atoms with Gasteiger partial charge in [-0.1, -0.05) is 146 Å². The number of benzene rings is 8. The van der Waals surface area contributed by atoms with Crippen LogP contribution in [0.1, 0.15) is 12.7 Å². The Morgan fingerprint density at radius 1 is 0.421 bits per heavy atom. The normalized spacial score (nSPS) is 11.7. The average Bonchev–Trinajstić information content (AvgIpc) is 3.68. The van der Waals surface area contributed by atoms with Gasteiger partial charge in [0, 0.05) is 45.1 Å². The van der Waals surface area contributed by atoms with Crippen LogP contribution < -0.4 is 0 Å². The molecule has 0 aliphatic heterocycles. The van der Waals surface area contributed by atoms with Gasteiger partial charge in [0.15, 0.2) is 17.5 Å². The second-order valence-electron chi connectivity index (χ2n) is 14.4. The molecule has 268 valence electrons. The van der Waals surface area contributed by atoms with Gasteiger partial charge in [-0.3, -0.25) is 4.57 Å². The molecule has 6 nitrogen and oxygen atoms in total. The van der Waals surface area contributed by atoms with Gasteiger partial charge >= 0.3 is 0 Å². The van der Waals surface area contributed by atoms with E-state index in [0.29, 0.717) is 17.5 Å². The fraction of sp³-hybridized carbons (Fsp3) is 0.0392. The summed E-state index contributed by atoms with van der Waals surface area (Å²) in [5, 5.41) is 7.90. The van der Waals surface area contributed by atoms with Gasteiger partial charge in [0.05, 0.1) is 22.2 Å². The minimum absolute atomic E-state index is 0.607. The lowest BCUT2D eigenvalue weighted by molar-refractivity contribution is 0.908. The van der Waals surface area contributed by atoms with Crippen molar-refractivity contribution in [1.82, 2.24) is 29.5 Å². The first-order chi connectivity index (χ1) is 28.2. The van der Waals surface area contributed by atoms with Crippen molar-refractivity contribution in [2.45, 2.75) is 13.3 Å². The molecule has 3 heterocycles. The standard InChI is InChI=1S/C51H34N6/c1-2-45-53-48-44(57(45)40-16-4-3-5-17-40)29-28-42-41-18-10-11-19-43(41)52-47(46(42)48)34-22-24-35(25-23-34)49-54-50(38-26-20-32-12-6-8-14-36(32)30-38)56-51(55-49)39-27-21-33-13-7-9-15-37(33)31-39/h3-31H,2H2,1H3. The summed E-state index contributed by atoms with van der Waals surface area (Å²) >= 11 is 0. The summed E-state index contributed by atoms with van der Waals surface area (Å²) in [6.07, 6.45) is 0.796. The van der Waals surface area contributed by atoms with E-state index in [4.69, 9.17) is 24.9 Å². The van der Waals surface area contributed by atoms with Crippen LogP contribution in [0.4, 0.5) is 0 Å². The molecule has 0 aliphatic carbocycles. The summed E-state index contributed by atoms with van der Waals surface area (Å²) in [5.74, 6) is 2.87. The summed E-state index contributed by atoms with van der Waals surface area (Å²) in [4.78, 5) is 25.9. The maximum Gasteiger partial charge on any atom is 0.164 e. The first kappa shape index (κ1) is 32.8. The Labute approximate surface area is 328 Å². The molecule has 8 aromatic carbocycles. The molecule has 0 amide bonds. The van der Waals surface area contributed by atoms with Crippen molar-refractivity contribution >= 4 is 54.3 Å². The molecule has 0 saturated heterocycles. The smallest absolute Gasteiger partial charge is 0.164 e. The van der Waals surface area contributed by atoms with Crippen LogP contribution in [0.3, 0.4) is 0 Å². The van der Waals surface area contributed by atoms with E-state index in [0.717, 1.165) is 89.4 Å². The zero-order valence-electron chi connectivity index (χ0n) is 31.1. The highest BCUT2D eigenvalue weighted by atomic mass is 15.1. The van der Waals surface area contributed by atoms with Gasteiger partial charge in [-0.25, -0.2) is 24.9 Å². The predicted molar refractivity (Wildman–Crippen MR) is 233 cm³/mol. The molecular weight excluding hydrogens is 697 g/mol. The second kappa shape index (κ2) is 13.3. The second-order valence-corrected chi connectivity index (χ2v) is 14.4. The fourth-order valence-electron chi connectivity index (χ4n) is 8.14.